The third-order valence-electron chi connectivity index (χ3n) is 9.75. The van der Waals surface area contributed by atoms with Crippen LogP contribution in [0.15, 0.2) is 224 Å². The second-order valence-electron chi connectivity index (χ2n) is 13.1. The Morgan fingerprint density at radius 3 is 1.15 bits per heavy atom. The van der Waals surface area contributed by atoms with Gasteiger partial charge in [-0.15, -0.1) is 0 Å². The van der Waals surface area contributed by atoms with Crippen LogP contribution in [0.1, 0.15) is 5.48 Å². The maximum Gasteiger partial charge on any atom is 0.0645 e. The van der Waals surface area contributed by atoms with Crippen molar-refractivity contribution in [2.45, 2.75) is 0 Å². The number of hydrogen-bond donors (Lipinski definition) is 0. The quantitative estimate of drug-likeness (QED) is 0.154. The van der Waals surface area contributed by atoms with Crippen molar-refractivity contribution in [1.29, 1.82) is 0 Å². The summed E-state index contributed by atoms with van der Waals surface area (Å²) < 4.78 is 37.7. The van der Waals surface area contributed by atoms with Crippen LogP contribution in [0, 0.1) is 0 Å². The highest BCUT2D eigenvalue weighted by atomic mass is 15.1. The maximum absolute atomic E-state index is 9.47. The zero-order chi connectivity index (χ0) is 38.9. The van der Waals surface area contributed by atoms with Gasteiger partial charge in [0.2, 0.25) is 0 Å². The molecule has 1 heteroatoms. The SMILES string of the molecule is [2H]c1c([2H])c(N(c2ccc(-c3ccccc3)cc2)c2ccc(-c3ccc(-c4ccccc4)cc3)cc2)c([2H])c([2H])c1-c1cccc(-c2ccc3ccccc3c2)c1. The highest BCUT2D eigenvalue weighted by Gasteiger charge is 2.14. The molecule has 0 aliphatic carbocycles. The lowest BCUT2D eigenvalue weighted by molar-refractivity contribution is 1.28. The van der Waals surface area contributed by atoms with Crippen molar-refractivity contribution in [3.8, 4) is 55.6 Å². The highest BCUT2D eigenvalue weighted by Crippen LogP contribution is 2.38. The number of nitrogens with zero attached hydrogens (tertiary/aromatic N) is 1. The van der Waals surface area contributed by atoms with E-state index in [-0.39, 0.29) is 35.4 Å². The summed E-state index contributed by atoms with van der Waals surface area (Å²) in [7, 11) is 0. The number of benzene rings is 9. The Hall–Kier alpha value is -6.96. The lowest BCUT2D eigenvalue weighted by Crippen LogP contribution is -2.09. The molecule has 53 heavy (non-hydrogen) atoms. The lowest BCUT2D eigenvalue weighted by Gasteiger charge is -2.26. The fourth-order valence-electron chi connectivity index (χ4n) is 6.91. The number of anilines is 3. The van der Waals surface area contributed by atoms with Crippen LogP contribution in [0.25, 0.3) is 66.4 Å². The molecule has 0 saturated carbocycles. The molecule has 0 amide bonds. The van der Waals surface area contributed by atoms with E-state index in [1.54, 1.807) is 0 Å². The number of hydrogen-bond acceptors (Lipinski definition) is 1. The minimum atomic E-state index is -0.116. The second kappa shape index (κ2) is 14.3. The van der Waals surface area contributed by atoms with Crippen LogP contribution in [-0.4, -0.2) is 0 Å². The van der Waals surface area contributed by atoms with Gasteiger partial charge in [0.25, 0.3) is 0 Å². The largest absolute Gasteiger partial charge is 0.311 e. The van der Waals surface area contributed by atoms with Gasteiger partial charge in [-0.25, -0.2) is 0 Å². The third-order valence-corrected chi connectivity index (χ3v) is 9.75. The van der Waals surface area contributed by atoms with Crippen molar-refractivity contribution in [1.82, 2.24) is 0 Å². The molecule has 0 bridgehead atoms. The molecule has 0 unspecified atom stereocenters. The van der Waals surface area contributed by atoms with E-state index in [4.69, 9.17) is 0 Å². The summed E-state index contributed by atoms with van der Waals surface area (Å²) in [6, 6.07) is 66.9. The first-order valence-electron chi connectivity index (χ1n) is 19.8. The Balaban J connectivity index is 1.12. The van der Waals surface area contributed by atoms with E-state index in [1.165, 1.54) is 0 Å². The molecule has 0 aromatic heterocycles. The molecule has 0 aliphatic rings. The summed E-state index contributed by atoms with van der Waals surface area (Å²) in [6.45, 7) is 0. The van der Waals surface area contributed by atoms with Gasteiger partial charge >= 0.3 is 0 Å². The maximum atomic E-state index is 9.47. The molecular weight excluding hydrogens is 639 g/mol. The summed E-state index contributed by atoms with van der Waals surface area (Å²) in [4.78, 5) is 1.84. The molecule has 9 aromatic rings. The van der Waals surface area contributed by atoms with Crippen LogP contribution in [0.3, 0.4) is 0 Å². The van der Waals surface area contributed by atoms with Gasteiger partial charge in [-0.2, -0.15) is 0 Å². The molecule has 0 heterocycles. The van der Waals surface area contributed by atoms with Crippen LogP contribution in [0.4, 0.5) is 17.1 Å². The average Bonchev–Trinajstić information content (AvgIpc) is 3.28. The molecule has 0 aliphatic heterocycles. The van der Waals surface area contributed by atoms with Crippen LogP contribution in [-0.2, 0) is 0 Å². The molecule has 0 spiro atoms. The van der Waals surface area contributed by atoms with Gasteiger partial charge in [0.05, 0.1) is 5.48 Å². The van der Waals surface area contributed by atoms with Crippen molar-refractivity contribution in [3.63, 3.8) is 0 Å². The molecule has 0 saturated heterocycles. The number of rotatable bonds is 8. The normalized spacial score (nSPS) is 12.1. The van der Waals surface area contributed by atoms with Crippen LogP contribution < -0.4 is 4.90 Å². The van der Waals surface area contributed by atoms with Crippen LogP contribution >= 0.6 is 0 Å². The van der Waals surface area contributed by atoms with E-state index in [9.17, 15) is 5.48 Å². The zero-order valence-electron chi connectivity index (χ0n) is 33.0. The fraction of sp³-hybridized carbons (Fsp3) is 0. The predicted octanol–water partition coefficient (Wildman–Crippen LogP) is 14.6. The molecule has 0 N–H and O–H groups in total. The minimum Gasteiger partial charge on any atom is -0.311 e. The summed E-state index contributed by atoms with van der Waals surface area (Å²) in [6.07, 6.45) is 0. The topological polar surface area (TPSA) is 3.24 Å². The van der Waals surface area contributed by atoms with E-state index in [2.05, 4.69) is 78.9 Å². The Labute approximate surface area is 317 Å². The average molecular weight is 680 g/mol. The summed E-state index contributed by atoms with van der Waals surface area (Å²) in [5.74, 6) is 0. The first-order valence-corrected chi connectivity index (χ1v) is 17.8. The van der Waals surface area contributed by atoms with E-state index >= 15 is 0 Å². The smallest absolute Gasteiger partial charge is 0.0645 e. The first-order chi connectivity index (χ1) is 27.9. The Morgan fingerprint density at radius 1 is 0.245 bits per heavy atom. The molecular formula is C52H37N. The first kappa shape index (κ1) is 27.7. The van der Waals surface area contributed by atoms with Gasteiger partial charge in [-0.05, 0) is 115 Å². The summed E-state index contributed by atoms with van der Waals surface area (Å²) in [5.41, 5.74) is 11.0. The van der Waals surface area contributed by atoms with Crippen LogP contribution in [0.5, 0.6) is 0 Å². The predicted molar refractivity (Wildman–Crippen MR) is 226 cm³/mol. The van der Waals surface area contributed by atoms with E-state index in [1.807, 2.05) is 126 Å². The molecule has 9 rings (SSSR count). The molecule has 0 radical (unpaired) electrons. The number of fused-ring (bicyclic) bond motifs is 1. The molecule has 0 fully saturated rings. The lowest BCUT2D eigenvalue weighted by atomic mass is 9.97. The van der Waals surface area contributed by atoms with Gasteiger partial charge in [0, 0.05) is 17.1 Å². The molecule has 1 nitrogen and oxygen atoms in total. The highest BCUT2D eigenvalue weighted by molar-refractivity contribution is 5.88. The van der Waals surface area contributed by atoms with Crippen molar-refractivity contribution in [3.05, 3.63) is 224 Å². The van der Waals surface area contributed by atoms with Gasteiger partial charge in [0.15, 0.2) is 0 Å². The minimum absolute atomic E-state index is 0.0947. The zero-order valence-corrected chi connectivity index (χ0v) is 29.0. The summed E-state index contributed by atoms with van der Waals surface area (Å²) >= 11 is 0. The second-order valence-corrected chi connectivity index (χ2v) is 13.1. The third kappa shape index (κ3) is 6.77. The van der Waals surface area contributed by atoms with E-state index < -0.39 is 0 Å². The van der Waals surface area contributed by atoms with Crippen molar-refractivity contribution in [2.75, 3.05) is 4.90 Å². The van der Waals surface area contributed by atoms with E-state index in [0.29, 0.717) is 5.56 Å². The van der Waals surface area contributed by atoms with Crippen LogP contribution in [0.2, 0.25) is 0 Å². The van der Waals surface area contributed by atoms with Gasteiger partial charge < -0.3 is 4.90 Å². The van der Waals surface area contributed by atoms with Gasteiger partial charge in [-0.3, -0.25) is 0 Å². The molecule has 250 valence electrons. The molecule has 9 aromatic carbocycles. The van der Waals surface area contributed by atoms with Crippen molar-refractivity contribution >= 4 is 27.8 Å². The van der Waals surface area contributed by atoms with Gasteiger partial charge in [0.1, 0.15) is 0 Å². The van der Waals surface area contributed by atoms with E-state index in [0.717, 1.165) is 66.7 Å². The van der Waals surface area contributed by atoms with Gasteiger partial charge in [-0.1, -0.05) is 176 Å². The molecule has 0 atom stereocenters. The Bertz CT molecular complexity index is 2820. The van der Waals surface area contributed by atoms with Crippen molar-refractivity contribution < 1.29 is 5.48 Å². The standard InChI is InChI=1S/C52H37N/c1-3-10-38(11-4-1)41-18-20-42(21-19-41)44-26-32-51(33-27-44)53(50-30-24-43(25-31-50)39-12-5-2-6-13-39)52-34-28-45(29-35-52)47-16-9-17-48(36-47)49-23-22-40-14-7-8-15-46(40)37-49/h1-37H/i28D,29D,34D,35D. The fourth-order valence-corrected chi connectivity index (χ4v) is 6.91. The summed E-state index contributed by atoms with van der Waals surface area (Å²) in [5, 5.41) is 2.28. The van der Waals surface area contributed by atoms with Crippen molar-refractivity contribution in [2.24, 2.45) is 0 Å². The monoisotopic (exact) mass is 679 g/mol. The Kier molecular flexibility index (Phi) is 7.50. The Morgan fingerprint density at radius 2 is 0.623 bits per heavy atom.